The highest BCUT2D eigenvalue weighted by molar-refractivity contribution is 5.81. The summed E-state index contributed by atoms with van der Waals surface area (Å²) >= 11 is 0. The molecule has 0 aromatic heterocycles. The van der Waals surface area contributed by atoms with E-state index >= 15 is 0 Å². The second-order valence-corrected chi connectivity index (χ2v) is 5.24. The second-order valence-electron chi connectivity index (χ2n) is 5.24. The van der Waals surface area contributed by atoms with E-state index in [9.17, 15) is 4.79 Å². The molecule has 1 heterocycles. The monoisotopic (exact) mass is 257 g/mol. The summed E-state index contributed by atoms with van der Waals surface area (Å²) in [5, 5.41) is 9.11. The van der Waals surface area contributed by atoms with Crippen molar-refractivity contribution in [2.45, 2.75) is 37.8 Å². The standard InChI is InChI=1S/C13H23NO4/c1-14(11-4-2-10(8-15)3-5-11)13(16)12-9-17-6-7-18-12/h10-12,15H,2-9H2,1H3. The molecule has 5 heteroatoms. The van der Waals surface area contributed by atoms with Crippen molar-refractivity contribution in [3.05, 3.63) is 0 Å². The van der Waals surface area contributed by atoms with E-state index in [4.69, 9.17) is 14.6 Å². The van der Waals surface area contributed by atoms with Gasteiger partial charge in [0.05, 0.1) is 19.8 Å². The van der Waals surface area contributed by atoms with Crippen LogP contribution in [0.15, 0.2) is 0 Å². The van der Waals surface area contributed by atoms with Gasteiger partial charge >= 0.3 is 0 Å². The lowest BCUT2D eigenvalue weighted by molar-refractivity contribution is -0.159. The predicted molar refractivity (Wildman–Crippen MR) is 66.2 cm³/mol. The number of likely N-dealkylation sites (N-methyl/N-ethyl adjacent to an activating group) is 1. The zero-order valence-corrected chi connectivity index (χ0v) is 11.0. The number of hydrogen-bond acceptors (Lipinski definition) is 4. The Bertz CT molecular complexity index is 270. The Kier molecular flexibility index (Phi) is 4.97. The number of aliphatic hydroxyl groups is 1. The van der Waals surface area contributed by atoms with E-state index in [1.165, 1.54) is 0 Å². The van der Waals surface area contributed by atoms with Gasteiger partial charge < -0.3 is 19.5 Å². The Morgan fingerprint density at radius 3 is 2.56 bits per heavy atom. The highest BCUT2D eigenvalue weighted by Crippen LogP contribution is 2.27. The van der Waals surface area contributed by atoms with Gasteiger partial charge in [-0.3, -0.25) is 4.79 Å². The number of rotatable bonds is 3. The first-order valence-electron chi connectivity index (χ1n) is 6.79. The maximum absolute atomic E-state index is 12.2. The van der Waals surface area contributed by atoms with Crippen LogP contribution < -0.4 is 0 Å². The van der Waals surface area contributed by atoms with E-state index in [0.29, 0.717) is 25.7 Å². The average Bonchev–Trinajstić information content (AvgIpc) is 2.47. The van der Waals surface area contributed by atoms with Crippen molar-refractivity contribution in [2.24, 2.45) is 5.92 Å². The summed E-state index contributed by atoms with van der Waals surface area (Å²) in [6.07, 6.45) is 3.52. The van der Waals surface area contributed by atoms with Gasteiger partial charge in [0.25, 0.3) is 5.91 Å². The number of aliphatic hydroxyl groups excluding tert-OH is 1. The average molecular weight is 257 g/mol. The highest BCUT2D eigenvalue weighted by atomic mass is 16.6. The van der Waals surface area contributed by atoms with Gasteiger partial charge in [-0.05, 0) is 31.6 Å². The maximum Gasteiger partial charge on any atom is 0.254 e. The molecule has 1 saturated carbocycles. The number of carbonyl (C=O) groups is 1. The highest BCUT2D eigenvalue weighted by Gasteiger charge is 2.31. The van der Waals surface area contributed by atoms with Crippen LogP contribution in [-0.2, 0) is 14.3 Å². The quantitative estimate of drug-likeness (QED) is 0.795. The summed E-state index contributed by atoms with van der Waals surface area (Å²) in [7, 11) is 1.85. The third-order valence-corrected chi connectivity index (χ3v) is 4.06. The van der Waals surface area contributed by atoms with Crippen LogP contribution in [0, 0.1) is 5.92 Å². The largest absolute Gasteiger partial charge is 0.396 e. The Morgan fingerprint density at radius 2 is 2.00 bits per heavy atom. The van der Waals surface area contributed by atoms with Crippen LogP contribution in [0.2, 0.25) is 0 Å². The zero-order chi connectivity index (χ0) is 13.0. The maximum atomic E-state index is 12.2. The molecular weight excluding hydrogens is 234 g/mol. The van der Waals surface area contributed by atoms with Gasteiger partial charge in [0.2, 0.25) is 0 Å². The number of ether oxygens (including phenoxy) is 2. The lowest BCUT2D eigenvalue weighted by atomic mass is 9.86. The molecule has 2 rings (SSSR count). The molecule has 1 amide bonds. The Labute approximate surface area is 108 Å². The molecule has 104 valence electrons. The third-order valence-electron chi connectivity index (χ3n) is 4.06. The van der Waals surface area contributed by atoms with E-state index in [2.05, 4.69) is 0 Å². The first-order chi connectivity index (χ1) is 8.72. The molecular formula is C13H23NO4. The molecule has 2 fully saturated rings. The van der Waals surface area contributed by atoms with Gasteiger partial charge in [-0.1, -0.05) is 0 Å². The van der Waals surface area contributed by atoms with E-state index in [1.54, 1.807) is 0 Å². The molecule has 0 radical (unpaired) electrons. The summed E-state index contributed by atoms with van der Waals surface area (Å²) in [6, 6.07) is 0.283. The molecule has 2 aliphatic rings. The van der Waals surface area contributed by atoms with Crippen molar-refractivity contribution in [1.29, 1.82) is 0 Å². The molecule has 1 unspecified atom stereocenters. The molecule has 0 aromatic rings. The number of carbonyl (C=O) groups excluding carboxylic acids is 1. The van der Waals surface area contributed by atoms with Gasteiger partial charge in [0, 0.05) is 19.7 Å². The topological polar surface area (TPSA) is 59.0 Å². The van der Waals surface area contributed by atoms with Gasteiger partial charge in [0.1, 0.15) is 0 Å². The van der Waals surface area contributed by atoms with Crippen LogP contribution >= 0.6 is 0 Å². The minimum absolute atomic E-state index is 0.0298. The van der Waals surface area contributed by atoms with Crippen LogP contribution in [0.3, 0.4) is 0 Å². The number of hydrogen-bond donors (Lipinski definition) is 1. The first-order valence-corrected chi connectivity index (χ1v) is 6.79. The van der Waals surface area contributed by atoms with E-state index < -0.39 is 6.10 Å². The van der Waals surface area contributed by atoms with Crippen molar-refractivity contribution in [1.82, 2.24) is 4.90 Å². The molecule has 1 saturated heterocycles. The van der Waals surface area contributed by atoms with Crippen molar-refractivity contribution < 1.29 is 19.4 Å². The van der Waals surface area contributed by atoms with Crippen molar-refractivity contribution >= 4 is 5.91 Å². The minimum Gasteiger partial charge on any atom is -0.396 e. The minimum atomic E-state index is -0.431. The molecule has 1 N–H and O–H groups in total. The van der Waals surface area contributed by atoms with Crippen molar-refractivity contribution in [2.75, 3.05) is 33.5 Å². The van der Waals surface area contributed by atoms with Gasteiger partial charge in [-0.25, -0.2) is 0 Å². The molecule has 0 spiro atoms. The molecule has 5 nitrogen and oxygen atoms in total. The number of nitrogens with zero attached hydrogens (tertiary/aromatic N) is 1. The molecule has 1 aliphatic carbocycles. The Balaban J connectivity index is 1.83. The lowest BCUT2D eigenvalue weighted by Gasteiger charge is -2.36. The molecule has 0 aromatic carbocycles. The van der Waals surface area contributed by atoms with Gasteiger partial charge in [-0.15, -0.1) is 0 Å². The summed E-state index contributed by atoms with van der Waals surface area (Å²) in [6.45, 7) is 1.72. The third kappa shape index (κ3) is 3.22. The van der Waals surface area contributed by atoms with E-state index in [1.807, 2.05) is 11.9 Å². The van der Waals surface area contributed by atoms with E-state index in [-0.39, 0.29) is 18.6 Å². The Morgan fingerprint density at radius 1 is 1.28 bits per heavy atom. The van der Waals surface area contributed by atoms with E-state index in [0.717, 1.165) is 25.7 Å². The fourth-order valence-corrected chi connectivity index (χ4v) is 2.75. The smallest absolute Gasteiger partial charge is 0.254 e. The van der Waals surface area contributed by atoms with Crippen LogP contribution in [0.4, 0.5) is 0 Å². The van der Waals surface area contributed by atoms with Crippen LogP contribution in [0.1, 0.15) is 25.7 Å². The lowest BCUT2D eigenvalue weighted by Crippen LogP contribution is -2.48. The summed E-state index contributed by atoms with van der Waals surface area (Å²) in [5.41, 5.74) is 0. The fraction of sp³-hybridized carbons (Fsp3) is 0.923. The zero-order valence-electron chi connectivity index (χ0n) is 11.0. The van der Waals surface area contributed by atoms with Crippen LogP contribution in [0.5, 0.6) is 0 Å². The fourth-order valence-electron chi connectivity index (χ4n) is 2.75. The summed E-state index contributed by atoms with van der Waals surface area (Å²) < 4.78 is 10.7. The predicted octanol–water partition coefficient (Wildman–Crippen LogP) is 0.411. The van der Waals surface area contributed by atoms with Crippen molar-refractivity contribution in [3.8, 4) is 0 Å². The SMILES string of the molecule is CN(C(=O)C1COCCO1)C1CCC(CO)CC1. The van der Waals surface area contributed by atoms with Crippen LogP contribution in [0.25, 0.3) is 0 Å². The normalized spacial score (nSPS) is 33.1. The van der Waals surface area contributed by atoms with Crippen LogP contribution in [-0.4, -0.2) is 61.5 Å². The summed E-state index contributed by atoms with van der Waals surface area (Å²) in [5.74, 6) is 0.446. The summed E-state index contributed by atoms with van der Waals surface area (Å²) in [4.78, 5) is 14.0. The molecule has 0 bridgehead atoms. The molecule has 18 heavy (non-hydrogen) atoms. The Hall–Kier alpha value is -0.650. The number of amides is 1. The van der Waals surface area contributed by atoms with Crippen molar-refractivity contribution in [3.63, 3.8) is 0 Å². The molecule has 1 atom stereocenters. The first kappa shape index (κ1) is 13.8. The molecule has 1 aliphatic heterocycles. The van der Waals surface area contributed by atoms with Gasteiger partial charge in [-0.2, -0.15) is 0 Å². The second kappa shape index (κ2) is 6.50. The van der Waals surface area contributed by atoms with Gasteiger partial charge in [0.15, 0.2) is 6.10 Å².